The minimum atomic E-state index is 0.171. The second kappa shape index (κ2) is 5.52. The summed E-state index contributed by atoms with van der Waals surface area (Å²) in [7, 11) is 1.80. The van der Waals surface area contributed by atoms with Crippen LogP contribution < -0.4 is 5.32 Å². The molecule has 0 radical (unpaired) electrons. The molecular weight excluding hydrogens is 236 g/mol. The average Bonchev–Trinajstić information content (AvgIpc) is 2.79. The van der Waals surface area contributed by atoms with Crippen molar-refractivity contribution in [2.45, 2.75) is 18.9 Å². The van der Waals surface area contributed by atoms with E-state index in [0.717, 1.165) is 24.4 Å². The van der Waals surface area contributed by atoms with Gasteiger partial charge in [-0.3, -0.25) is 4.79 Å². The number of halogens is 1. The van der Waals surface area contributed by atoms with Crippen molar-refractivity contribution in [3.05, 3.63) is 34.9 Å². The van der Waals surface area contributed by atoms with E-state index >= 15 is 0 Å². The fourth-order valence-corrected chi connectivity index (χ4v) is 2.48. The van der Waals surface area contributed by atoms with Crippen LogP contribution in [0.3, 0.4) is 0 Å². The minimum absolute atomic E-state index is 0.171. The standard InChI is InChI=1S/C13H17ClN2O/c1-15-9-13(17)16-8-2-3-12(16)10-4-6-11(14)7-5-10/h4-7,12,15H,2-3,8-9H2,1H3. The van der Waals surface area contributed by atoms with Crippen molar-refractivity contribution in [3.63, 3.8) is 0 Å². The third-order valence-corrected chi connectivity index (χ3v) is 3.41. The molecule has 1 aliphatic rings. The second-order valence-electron chi connectivity index (χ2n) is 4.33. The maximum absolute atomic E-state index is 11.9. The highest BCUT2D eigenvalue weighted by Crippen LogP contribution is 2.32. The zero-order valence-electron chi connectivity index (χ0n) is 9.95. The summed E-state index contributed by atoms with van der Waals surface area (Å²) in [6, 6.07) is 8.01. The summed E-state index contributed by atoms with van der Waals surface area (Å²) in [5.74, 6) is 0.171. The van der Waals surface area contributed by atoms with Crippen LogP contribution in [0.4, 0.5) is 0 Å². The van der Waals surface area contributed by atoms with Gasteiger partial charge < -0.3 is 10.2 Å². The van der Waals surface area contributed by atoms with Crippen LogP contribution in [-0.2, 0) is 4.79 Å². The van der Waals surface area contributed by atoms with Gasteiger partial charge in [-0.15, -0.1) is 0 Å². The minimum Gasteiger partial charge on any atom is -0.335 e. The Balaban J connectivity index is 2.14. The third-order valence-electron chi connectivity index (χ3n) is 3.16. The molecule has 4 heteroatoms. The Labute approximate surface area is 107 Å². The average molecular weight is 253 g/mol. The maximum atomic E-state index is 11.9. The number of carbonyl (C=O) groups excluding carboxylic acids is 1. The van der Waals surface area contributed by atoms with Crippen LogP contribution in [0.5, 0.6) is 0 Å². The smallest absolute Gasteiger partial charge is 0.237 e. The first kappa shape index (κ1) is 12.4. The summed E-state index contributed by atoms with van der Waals surface area (Å²) in [5, 5.41) is 3.65. The van der Waals surface area contributed by atoms with Crippen molar-refractivity contribution < 1.29 is 4.79 Å². The number of rotatable bonds is 3. The van der Waals surface area contributed by atoms with Gasteiger partial charge in [0.05, 0.1) is 12.6 Å². The van der Waals surface area contributed by atoms with E-state index in [1.54, 1.807) is 7.05 Å². The van der Waals surface area contributed by atoms with E-state index < -0.39 is 0 Å². The van der Waals surface area contributed by atoms with Gasteiger partial charge in [-0.1, -0.05) is 23.7 Å². The normalized spacial score (nSPS) is 19.6. The van der Waals surface area contributed by atoms with Gasteiger partial charge in [0, 0.05) is 11.6 Å². The number of hydrogen-bond donors (Lipinski definition) is 1. The van der Waals surface area contributed by atoms with Gasteiger partial charge in [0.1, 0.15) is 0 Å². The highest BCUT2D eigenvalue weighted by Gasteiger charge is 2.29. The first-order valence-electron chi connectivity index (χ1n) is 5.92. The van der Waals surface area contributed by atoms with E-state index in [4.69, 9.17) is 11.6 Å². The second-order valence-corrected chi connectivity index (χ2v) is 4.76. The maximum Gasteiger partial charge on any atom is 0.237 e. The molecule has 0 aliphatic carbocycles. The van der Waals surface area contributed by atoms with Crippen molar-refractivity contribution in [2.24, 2.45) is 0 Å². The molecule has 1 saturated heterocycles. The molecular formula is C13H17ClN2O. The predicted octanol–water partition coefficient (Wildman–Crippen LogP) is 2.22. The van der Waals surface area contributed by atoms with Crippen molar-refractivity contribution in [3.8, 4) is 0 Å². The highest BCUT2D eigenvalue weighted by atomic mass is 35.5. The van der Waals surface area contributed by atoms with Gasteiger partial charge in [-0.2, -0.15) is 0 Å². The van der Waals surface area contributed by atoms with Crippen LogP contribution >= 0.6 is 11.6 Å². The molecule has 1 aromatic rings. The fraction of sp³-hybridized carbons (Fsp3) is 0.462. The number of likely N-dealkylation sites (tertiary alicyclic amines) is 1. The summed E-state index contributed by atoms with van der Waals surface area (Å²) >= 11 is 5.88. The third kappa shape index (κ3) is 2.79. The highest BCUT2D eigenvalue weighted by molar-refractivity contribution is 6.30. The van der Waals surface area contributed by atoms with Gasteiger partial charge in [0.25, 0.3) is 0 Å². The first-order chi connectivity index (χ1) is 8.22. The fourth-order valence-electron chi connectivity index (χ4n) is 2.35. The molecule has 1 unspecified atom stereocenters. The lowest BCUT2D eigenvalue weighted by Crippen LogP contribution is -2.36. The van der Waals surface area contributed by atoms with Gasteiger partial charge in [0.2, 0.25) is 5.91 Å². The quantitative estimate of drug-likeness (QED) is 0.895. The molecule has 1 N–H and O–H groups in total. The van der Waals surface area contributed by atoms with E-state index in [1.165, 1.54) is 5.56 Å². The van der Waals surface area contributed by atoms with Gasteiger partial charge in [-0.05, 0) is 37.6 Å². The Morgan fingerprint density at radius 2 is 2.18 bits per heavy atom. The number of nitrogens with zero attached hydrogens (tertiary/aromatic N) is 1. The van der Waals surface area contributed by atoms with Crippen molar-refractivity contribution in [2.75, 3.05) is 20.1 Å². The lowest BCUT2D eigenvalue weighted by atomic mass is 10.0. The molecule has 1 heterocycles. The molecule has 1 amide bonds. The number of likely N-dealkylation sites (N-methyl/N-ethyl adjacent to an activating group) is 1. The summed E-state index contributed by atoms with van der Waals surface area (Å²) in [6.45, 7) is 1.26. The molecule has 1 aliphatic heterocycles. The number of hydrogen-bond acceptors (Lipinski definition) is 2. The molecule has 2 rings (SSSR count). The molecule has 17 heavy (non-hydrogen) atoms. The molecule has 1 atom stereocenters. The van der Waals surface area contributed by atoms with Gasteiger partial charge >= 0.3 is 0 Å². The number of nitrogens with one attached hydrogen (secondary N) is 1. The molecule has 1 aromatic carbocycles. The van der Waals surface area contributed by atoms with Crippen LogP contribution in [0.25, 0.3) is 0 Å². The van der Waals surface area contributed by atoms with Crippen molar-refractivity contribution in [1.29, 1.82) is 0 Å². The number of benzene rings is 1. The molecule has 1 fully saturated rings. The Bertz CT molecular complexity index is 391. The van der Waals surface area contributed by atoms with Crippen LogP contribution in [0.15, 0.2) is 24.3 Å². The zero-order chi connectivity index (χ0) is 12.3. The molecule has 0 saturated carbocycles. The van der Waals surface area contributed by atoms with Crippen LogP contribution in [0, 0.1) is 0 Å². The molecule has 0 bridgehead atoms. The summed E-state index contributed by atoms with van der Waals surface area (Å²) in [6.07, 6.45) is 2.11. The lowest BCUT2D eigenvalue weighted by Gasteiger charge is -2.25. The Kier molecular flexibility index (Phi) is 4.02. The van der Waals surface area contributed by atoms with E-state index in [9.17, 15) is 4.79 Å². The van der Waals surface area contributed by atoms with E-state index in [1.807, 2.05) is 29.2 Å². The molecule has 0 spiro atoms. The Morgan fingerprint density at radius 3 is 2.82 bits per heavy atom. The van der Waals surface area contributed by atoms with E-state index in [2.05, 4.69) is 5.32 Å². The summed E-state index contributed by atoms with van der Waals surface area (Å²) in [5.41, 5.74) is 1.18. The summed E-state index contributed by atoms with van der Waals surface area (Å²) < 4.78 is 0. The number of carbonyl (C=O) groups is 1. The Morgan fingerprint density at radius 1 is 1.47 bits per heavy atom. The first-order valence-corrected chi connectivity index (χ1v) is 6.29. The number of amides is 1. The van der Waals surface area contributed by atoms with Gasteiger partial charge in [-0.25, -0.2) is 0 Å². The Hall–Kier alpha value is -1.06. The van der Waals surface area contributed by atoms with E-state index in [0.29, 0.717) is 6.54 Å². The van der Waals surface area contributed by atoms with E-state index in [-0.39, 0.29) is 11.9 Å². The molecule has 3 nitrogen and oxygen atoms in total. The van der Waals surface area contributed by atoms with Crippen molar-refractivity contribution >= 4 is 17.5 Å². The lowest BCUT2D eigenvalue weighted by molar-refractivity contribution is -0.131. The SMILES string of the molecule is CNCC(=O)N1CCCC1c1ccc(Cl)cc1. The van der Waals surface area contributed by atoms with Crippen molar-refractivity contribution in [1.82, 2.24) is 10.2 Å². The molecule has 92 valence electrons. The largest absolute Gasteiger partial charge is 0.335 e. The monoisotopic (exact) mass is 252 g/mol. The van der Waals surface area contributed by atoms with Crippen LogP contribution in [0.1, 0.15) is 24.4 Å². The molecule has 0 aromatic heterocycles. The van der Waals surface area contributed by atoms with Crippen LogP contribution in [-0.4, -0.2) is 30.9 Å². The topological polar surface area (TPSA) is 32.3 Å². The van der Waals surface area contributed by atoms with Gasteiger partial charge in [0.15, 0.2) is 0 Å². The summed E-state index contributed by atoms with van der Waals surface area (Å²) in [4.78, 5) is 13.9. The van der Waals surface area contributed by atoms with Crippen LogP contribution in [0.2, 0.25) is 5.02 Å². The predicted molar refractivity (Wildman–Crippen MR) is 69.1 cm³/mol. The zero-order valence-corrected chi connectivity index (χ0v) is 10.7.